The highest BCUT2D eigenvalue weighted by Crippen LogP contribution is 2.08. The van der Waals surface area contributed by atoms with Crippen molar-refractivity contribution in [2.45, 2.75) is 26.3 Å². The maximum atomic E-state index is 12.2. The molecule has 0 aliphatic rings. The van der Waals surface area contributed by atoms with Gasteiger partial charge in [-0.05, 0) is 38.6 Å². The highest BCUT2D eigenvalue weighted by atomic mass is 16.1. The molecule has 112 valence electrons. The summed E-state index contributed by atoms with van der Waals surface area (Å²) in [7, 11) is 4.00. The van der Waals surface area contributed by atoms with Gasteiger partial charge in [-0.3, -0.25) is 10.6 Å². The second-order valence-corrected chi connectivity index (χ2v) is 5.64. The quantitative estimate of drug-likeness (QED) is 0.514. The second kappa shape index (κ2) is 7.81. The number of hydrogen-bond acceptors (Lipinski definition) is 5. The van der Waals surface area contributed by atoms with E-state index in [4.69, 9.17) is 5.84 Å². The predicted octanol–water partition coefficient (Wildman–Crippen LogP) is 1.07. The summed E-state index contributed by atoms with van der Waals surface area (Å²) in [4.78, 5) is 18.3. The number of aromatic nitrogens is 1. The number of nitrogen functional groups attached to an aromatic ring is 1. The van der Waals surface area contributed by atoms with Gasteiger partial charge in [0.2, 0.25) is 0 Å². The van der Waals surface area contributed by atoms with E-state index in [0.29, 0.717) is 17.3 Å². The number of carbonyl (C=O) groups is 1. The Morgan fingerprint density at radius 2 is 2.10 bits per heavy atom. The molecule has 1 unspecified atom stereocenters. The van der Waals surface area contributed by atoms with Crippen molar-refractivity contribution in [1.82, 2.24) is 15.2 Å². The van der Waals surface area contributed by atoms with Crippen molar-refractivity contribution in [3.63, 3.8) is 0 Å². The molecule has 4 N–H and O–H groups in total. The number of nitrogens with zero attached hydrogens (tertiary/aromatic N) is 2. The Balaban J connectivity index is 2.68. The summed E-state index contributed by atoms with van der Waals surface area (Å²) in [6.07, 6.45) is 2.48. The molecule has 0 fully saturated rings. The second-order valence-electron chi connectivity index (χ2n) is 5.64. The molecule has 0 aliphatic carbocycles. The molecule has 0 bridgehead atoms. The molecule has 1 atom stereocenters. The van der Waals surface area contributed by atoms with Crippen LogP contribution >= 0.6 is 0 Å². The predicted molar refractivity (Wildman–Crippen MR) is 81.3 cm³/mol. The third-order valence-electron chi connectivity index (χ3n) is 2.84. The van der Waals surface area contributed by atoms with Crippen molar-refractivity contribution in [2.75, 3.05) is 26.1 Å². The number of nitrogens with two attached hydrogens (primary N) is 1. The molecule has 0 aliphatic heterocycles. The number of rotatable bonds is 7. The smallest absolute Gasteiger partial charge is 0.270 e. The molecule has 6 nitrogen and oxygen atoms in total. The molecule has 1 heterocycles. The molecule has 0 spiro atoms. The third kappa shape index (κ3) is 5.54. The van der Waals surface area contributed by atoms with Crippen LogP contribution in [0.5, 0.6) is 0 Å². The summed E-state index contributed by atoms with van der Waals surface area (Å²) >= 11 is 0. The van der Waals surface area contributed by atoms with Gasteiger partial charge in [-0.25, -0.2) is 4.98 Å². The highest BCUT2D eigenvalue weighted by molar-refractivity contribution is 5.92. The van der Waals surface area contributed by atoms with E-state index >= 15 is 0 Å². The summed E-state index contributed by atoms with van der Waals surface area (Å²) in [6, 6.07) is 3.50. The maximum Gasteiger partial charge on any atom is 0.270 e. The van der Waals surface area contributed by atoms with Crippen LogP contribution in [0.2, 0.25) is 0 Å². The Morgan fingerprint density at radius 3 is 2.55 bits per heavy atom. The van der Waals surface area contributed by atoms with Crippen LogP contribution in [-0.2, 0) is 0 Å². The molecule has 1 aromatic rings. The summed E-state index contributed by atoms with van der Waals surface area (Å²) in [6.45, 7) is 5.11. The van der Waals surface area contributed by atoms with E-state index in [1.807, 2.05) is 14.1 Å². The van der Waals surface area contributed by atoms with Gasteiger partial charge in [0, 0.05) is 12.6 Å². The molecule has 0 saturated heterocycles. The zero-order valence-electron chi connectivity index (χ0n) is 12.7. The molecule has 0 saturated carbocycles. The lowest BCUT2D eigenvalue weighted by Crippen LogP contribution is -2.42. The molecular weight excluding hydrogens is 254 g/mol. The molecule has 6 heteroatoms. The first-order valence-corrected chi connectivity index (χ1v) is 6.80. The highest BCUT2D eigenvalue weighted by Gasteiger charge is 2.16. The van der Waals surface area contributed by atoms with Crippen LogP contribution in [0.4, 0.5) is 5.69 Å². The molecule has 20 heavy (non-hydrogen) atoms. The largest absolute Gasteiger partial charge is 0.347 e. The molecular formula is C14H25N5O. The van der Waals surface area contributed by atoms with Crippen LogP contribution < -0.4 is 16.6 Å². The lowest BCUT2D eigenvalue weighted by molar-refractivity contribution is 0.0919. The lowest BCUT2D eigenvalue weighted by atomic mass is 10.0. The maximum absolute atomic E-state index is 12.2. The number of pyridine rings is 1. The van der Waals surface area contributed by atoms with E-state index in [2.05, 4.69) is 34.5 Å². The van der Waals surface area contributed by atoms with E-state index in [0.717, 1.165) is 13.0 Å². The molecule has 1 aromatic heterocycles. The van der Waals surface area contributed by atoms with Crippen molar-refractivity contribution in [3.8, 4) is 0 Å². The first-order chi connectivity index (χ1) is 9.42. The van der Waals surface area contributed by atoms with E-state index in [1.54, 1.807) is 12.1 Å². The Kier molecular flexibility index (Phi) is 6.41. The Labute approximate surface area is 120 Å². The Hall–Kier alpha value is -1.66. The van der Waals surface area contributed by atoms with E-state index < -0.39 is 0 Å². The third-order valence-corrected chi connectivity index (χ3v) is 2.84. The monoisotopic (exact) mass is 279 g/mol. The number of amides is 1. The Bertz CT molecular complexity index is 406. The van der Waals surface area contributed by atoms with Crippen molar-refractivity contribution in [1.29, 1.82) is 0 Å². The fourth-order valence-electron chi connectivity index (χ4n) is 2.06. The van der Waals surface area contributed by atoms with Gasteiger partial charge in [0.25, 0.3) is 5.91 Å². The summed E-state index contributed by atoms with van der Waals surface area (Å²) in [5.41, 5.74) is 3.56. The number of likely N-dealkylation sites (N-methyl/N-ethyl adjacent to an activating group) is 1. The average Bonchev–Trinajstić information content (AvgIpc) is 2.37. The van der Waals surface area contributed by atoms with Gasteiger partial charge in [0.1, 0.15) is 5.69 Å². The SMILES string of the molecule is CC(C)CC(CN(C)C)NC(=O)c1ccc(NN)cn1. The summed E-state index contributed by atoms with van der Waals surface area (Å²) < 4.78 is 0. The van der Waals surface area contributed by atoms with E-state index in [9.17, 15) is 4.79 Å². The first kappa shape index (κ1) is 16.4. The molecule has 1 rings (SSSR count). The fraction of sp³-hybridized carbons (Fsp3) is 0.571. The van der Waals surface area contributed by atoms with Crippen molar-refractivity contribution >= 4 is 11.6 Å². The number of nitrogens with one attached hydrogen (secondary N) is 2. The van der Waals surface area contributed by atoms with E-state index in [1.165, 1.54) is 6.20 Å². The van der Waals surface area contributed by atoms with Crippen LogP contribution in [-0.4, -0.2) is 42.5 Å². The normalized spacial score (nSPS) is 12.6. The molecule has 0 aromatic carbocycles. The lowest BCUT2D eigenvalue weighted by Gasteiger charge is -2.23. The van der Waals surface area contributed by atoms with Gasteiger partial charge in [0.05, 0.1) is 11.9 Å². The number of hydrogen-bond donors (Lipinski definition) is 3. The molecule has 1 amide bonds. The van der Waals surface area contributed by atoms with Crippen LogP contribution in [0.15, 0.2) is 18.3 Å². The van der Waals surface area contributed by atoms with Gasteiger partial charge in [-0.1, -0.05) is 13.8 Å². The van der Waals surface area contributed by atoms with Crippen LogP contribution in [0, 0.1) is 5.92 Å². The number of carbonyl (C=O) groups excluding carboxylic acids is 1. The minimum atomic E-state index is -0.152. The number of anilines is 1. The summed E-state index contributed by atoms with van der Waals surface area (Å²) in [5.74, 6) is 5.64. The van der Waals surface area contributed by atoms with Gasteiger partial charge in [-0.15, -0.1) is 0 Å². The van der Waals surface area contributed by atoms with Crippen LogP contribution in [0.25, 0.3) is 0 Å². The first-order valence-electron chi connectivity index (χ1n) is 6.80. The average molecular weight is 279 g/mol. The zero-order chi connectivity index (χ0) is 15.1. The van der Waals surface area contributed by atoms with Crippen LogP contribution in [0.3, 0.4) is 0 Å². The fourth-order valence-corrected chi connectivity index (χ4v) is 2.06. The topological polar surface area (TPSA) is 83.3 Å². The standard InChI is InChI=1S/C14H25N5O/c1-10(2)7-12(9-19(3)4)17-14(20)13-6-5-11(18-15)8-16-13/h5-6,8,10,12,18H,7,9,15H2,1-4H3,(H,17,20). The molecule has 0 radical (unpaired) electrons. The number of hydrazine groups is 1. The minimum Gasteiger partial charge on any atom is -0.347 e. The zero-order valence-corrected chi connectivity index (χ0v) is 12.7. The van der Waals surface area contributed by atoms with Crippen molar-refractivity contribution in [3.05, 3.63) is 24.0 Å². The van der Waals surface area contributed by atoms with Crippen LogP contribution in [0.1, 0.15) is 30.8 Å². The van der Waals surface area contributed by atoms with Crippen molar-refractivity contribution in [2.24, 2.45) is 11.8 Å². The van der Waals surface area contributed by atoms with Gasteiger partial charge >= 0.3 is 0 Å². The Morgan fingerprint density at radius 1 is 1.40 bits per heavy atom. The van der Waals surface area contributed by atoms with E-state index in [-0.39, 0.29) is 11.9 Å². The van der Waals surface area contributed by atoms with Gasteiger partial charge in [-0.2, -0.15) is 0 Å². The van der Waals surface area contributed by atoms with Gasteiger partial charge < -0.3 is 15.6 Å². The minimum absolute atomic E-state index is 0.117. The van der Waals surface area contributed by atoms with Gasteiger partial charge in [0.15, 0.2) is 0 Å². The van der Waals surface area contributed by atoms with Crippen molar-refractivity contribution < 1.29 is 4.79 Å². The summed E-state index contributed by atoms with van der Waals surface area (Å²) in [5, 5.41) is 3.04.